The van der Waals surface area contributed by atoms with Crippen LogP contribution in [0, 0.1) is 0 Å². The third-order valence-electron chi connectivity index (χ3n) is 7.19. The van der Waals surface area contributed by atoms with Gasteiger partial charge in [-0.15, -0.1) is 0 Å². The monoisotopic (exact) mass is 535 g/mol. The fourth-order valence-electron chi connectivity index (χ4n) is 5.17. The highest BCUT2D eigenvalue weighted by Crippen LogP contribution is 2.50. The highest BCUT2D eigenvalue weighted by atomic mass is 16.7. The maximum Gasteiger partial charge on any atom is 0.220 e. The van der Waals surface area contributed by atoms with Crippen LogP contribution < -0.4 is 10.1 Å². The van der Waals surface area contributed by atoms with E-state index in [0.29, 0.717) is 12.0 Å². The summed E-state index contributed by atoms with van der Waals surface area (Å²) in [7, 11) is 0. The Bertz CT molecular complexity index is 1220. The van der Waals surface area contributed by atoms with Crippen LogP contribution in [0.4, 0.5) is 0 Å². The fourth-order valence-corrected chi connectivity index (χ4v) is 5.17. The molecule has 5 rings (SSSR count). The van der Waals surface area contributed by atoms with Crippen LogP contribution in [0.25, 0.3) is 0 Å². The van der Waals surface area contributed by atoms with Crippen LogP contribution in [0.2, 0.25) is 0 Å². The van der Waals surface area contributed by atoms with Gasteiger partial charge in [0, 0.05) is 24.5 Å². The van der Waals surface area contributed by atoms with Crippen LogP contribution >= 0.6 is 0 Å². The van der Waals surface area contributed by atoms with Gasteiger partial charge in [-0.1, -0.05) is 6.07 Å². The molecule has 0 aliphatic carbocycles. The number of nitrogens with one attached hydrogen (secondary N) is 1. The first-order valence-corrected chi connectivity index (χ1v) is 12.1. The van der Waals surface area contributed by atoms with Gasteiger partial charge >= 0.3 is 0 Å². The van der Waals surface area contributed by atoms with Gasteiger partial charge in [-0.3, -0.25) is 4.79 Å². The summed E-state index contributed by atoms with van der Waals surface area (Å²) in [5, 5.41) is 84.4. The Balaban J connectivity index is 1.55. The number of hydrogen-bond donors (Lipinski definition) is 9. The van der Waals surface area contributed by atoms with Crippen molar-refractivity contribution in [3.8, 4) is 28.7 Å². The number of carbonyl (C=O) groups is 1. The minimum absolute atomic E-state index is 0.0730. The number of aliphatic hydroxyl groups excluding tert-OH is 4. The summed E-state index contributed by atoms with van der Waals surface area (Å²) >= 11 is 0. The number of hydrogen-bond acceptors (Lipinski definition) is 12. The lowest BCUT2D eigenvalue weighted by atomic mass is 9.89. The van der Waals surface area contributed by atoms with Crippen LogP contribution in [0.5, 0.6) is 28.7 Å². The van der Waals surface area contributed by atoms with E-state index in [-0.39, 0.29) is 52.9 Å². The Morgan fingerprint density at radius 3 is 2.37 bits per heavy atom. The van der Waals surface area contributed by atoms with Crippen LogP contribution in [-0.4, -0.2) is 90.2 Å². The van der Waals surface area contributed by atoms with Gasteiger partial charge in [-0.2, -0.15) is 0 Å². The zero-order chi connectivity index (χ0) is 27.3. The minimum atomic E-state index is -1.71. The zero-order valence-electron chi connectivity index (χ0n) is 20.0. The number of ether oxygens (including phenoxy) is 3. The Morgan fingerprint density at radius 1 is 0.947 bits per heavy atom. The van der Waals surface area contributed by atoms with E-state index in [1.54, 1.807) is 0 Å². The zero-order valence-corrected chi connectivity index (χ0v) is 20.0. The lowest BCUT2D eigenvalue weighted by molar-refractivity contribution is -0.317. The number of aliphatic hydroxyl groups is 4. The molecular formula is C25H29NO12. The van der Waals surface area contributed by atoms with Crippen molar-refractivity contribution < 1.29 is 59.9 Å². The molecule has 0 radical (unpaired) electrons. The van der Waals surface area contributed by atoms with Crippen molar-refractivity contribution in [3.63, 3.8) is 0 Å². The van der Waals surface area contributed by atoms with Crippen molar-refractivity contribution in [2.45, 2.75) is 68.2 Å². The molecule has 2 saturated heterocycles. The summed E-state index contributed by atoms with van der Waals surface area (Å²) < 4.78 is 17.7. The van der Waals surface area contributed by atoms with Gasteiger partial charge in [0.2, 0.25) is 5.91 Å². The Morgan fingerprint density at radius 2 is 1.71 bits per heavy atom. The number of aromatic hydroxyl groups is 4. The normalized spacial score (nSPS) is 32.9. The average Bonchev–Trinajstić information content (AvgIpc) is 3.31. The molecule has 2 fully saturated rings. The molecular weight excluding hydrogens is 506 g/mol. The highest BCUT2D eigenvalue weighted by molar-refractivity contribution is 5.79. The summed E-state index contributed by atoms with van der Waals surface area (Å²) in [6, 6.07) is 4.45. The Labute approximate surface area is 216 Å². The molecule has 3 heterocycles. The summed E-state index contributed by atoms with van der Waals surface area (Å²) in [5.74, 6) is -1.57. The summed E-state index contributed by atoms with van der Waals surface area (Å²) in [5.41, 5.74) is 0.792. The average molecular weight is 536 g/mol. The first-order valence-electron chi connectivity index (χ1n) is 12.1. The van der Waals surface area contributed by atoms with Crippen molar-refractivity contribution in [2.75, 3.05) is 6.61 Å². The first-order chi connectivity index (χ1) is 18.1. The van der Waals surface area contributed by atoms with Gasteiger partial charge < -0.3 is 60.4 Å². The molecule has 3 aliphatic heterocycles. The summed E-state index contributed by atoms with van der Waals surface area (Å²) in [6.45, 7) is -0.666. The number of phenols is 4. The quantitative estimate of drug-likeness (QED) is 0.218. The topological polar surface area (TPSA) is 219 Å². The molecule has 2 aromatic rings. The molecule has 3 aliphatic rings. The van der Waals surface area contributed by atoms with Gasteiger partial charge in [0.05, 0.1) is 18.2 Å². The van der Waals surface area contributed by atoms with E-state index >= 15 is 0 Å². The van der Waals surface area contributed by atoms with E-state index in [1.165, 1.54) is 18.2 Å². The largest absolute Gasteiger partial charge is 0.507 e. The Kier molecular flexibility index (Phi) is 6.98. The molecule has 0 aromatic heterocycles. The predicted molar refractivity (Wildman–Crippen MR) is 125 cm³/mol. The maximum atomic E-state index is 11.9. The van der Waals surface area contributed by atoms with Gasteiger partial charge in [0.25, 0.3) is 0 Å². The molecule has 9 N–H and O–H groups in total. The van der Waals surface area contributed by atoms with Gasteiger partial charge in [-0.05, 0) is 24.1 Å². The number of amides is 1. The number of phenolic OH excluding ortho intramolecular Hbond substituents is 4. The highest BCUT2D eigenvalue weighted by Gasteiger charge is 2.47. The van der Waals surface area contributed by atoms with Crippen LogP contribution in [0.15, 0.2) is 24.3 Å². The van der Waals surface area contributed by atoms with E-state index in [2.05, 4.69) is 5.32 Å². The minimum Gasteiger partial charge on any atom is -0.507 e. The smallest absolute Gasteiger partial charge is 0.220 e. The fraction of sp³-hybridized carbons (Fsp3) is 0.480. The van der Waals surface area contributed by atoms with Gasteiger partial charge in [-0.25, -0.2) is 0 Å². The number of carbonyl (C=O) groups excluding carboxylic acids is 1. The SMILES string of the molecule is O=C1CCC(c2c(O)cc(O)c3c2O[C@H](c2ccc(O)c(O)c2)[C@H](O[C@@H]2O[C@H](CO)[C@@H](O)[C@@H](O)[C@H]2O)C3)N1. The lowest BCUT2D eigenvalue weighted by Gasteiger charge is -2.43. The molecule has 1 amide bonds. The van der Waals surface area contributed by atoms with Gasteiger partial charge in [0.15, 0.2) is 23.9 Å². The number of fused-ring (bicyclic) bond motifs is 1. The van der Waals surface area contributed by atoms with Crippen molar-refractivity contribution in [1.29, 1.82) is 0 Å². The second-order valence-electron chi connectivity index (χ2n) is 9.66. The molecule has 13 nitrogen and oxygen atoms in total. The van der Waals surface area contributed by atoms with Crippen molar-refractivity contribution >= 4 is 5.91 Å². The second-order valence-corrected chi connectivity index (χ2v) is 9.66. The van der Waals surface area contributed by atoms with E-state index < -0.39 is 61.3 Å². The standard InChI is InChI=1S/C25H29NO12/c27-8-17-20(33)21(34)22(35)25(37-17)36-16-6-10-13(29)7-15(31)19(11-2-4-18(32)26-11)24(10)38-23(16)9-1-3-12(28)14(30)5-9/h1,3,5,7,11,16-17,20-23,25,27-31,33-35H,2,4,6,8H2,(H,26,32)/t11?,16-,17-,20-,21-,22-,23-,25-/m1/s1. The third kappa shape index (κ3) is 4.57. The first kappa shape index (κ1) is 26.3. The lowest BCUT2D eigenvalue weighted by Crippen LogP contribution is -2.60. The molecule has 13 heteroatoms. The molecule has 2 aromatic carbocycles. The van der Waals surface area contributed by atoms with Crippen LogP contribution in [0.1, 0.15) is 41.7 Å². The summed E-state index contributed by atoms with van der Waals surface area (Å²) in [6.07, 6.45) is -9.33. The molecule has 0 saturated carbocycles. The molecule has 1 unspecified atom stereocenters. The summed E-state index contributed by atoms with van der Waals surface area (Å²) in [4.78, 5) is 11.9. The van der Waals surface area contributed by atoms with Crippen LogP contribution in [0.3, 0.4) is 0 Å². The molecule has 0 bridgehead atoms. The maximum absolute atomic E-state index is 11.9. The van der Waals surface area contributed by atoms with Crippen molar-refractivity contribution in [3.05, 3.63) is 41.0 Å². The molecule has 38 heavy (non-hydrogen) atoms. The van der Waals surface area contributed by atoms with E-state index in [4.69, 9.17) is 14.2 Å². The predicted octanol–water partition coefficient (Wildman–Crippen LogP) is -0.679. The van der Waals surface area contributed by atoms with E-state index in [9.17, 15) is 45.6 Å². The van der Waals surface area contributed by atoms with Crippen LogP contribution in [-0.2, 0) is 20.7 Å². The van der Waals surface area contributed by atoms with E-state index in [1.807, 2.05) is 0 Å². The van der Waals surface area contributed by atoms with Crippen molar-refractivity contribution in [1.82, 2.24) is 5.32 Å². The molecule has 206 valence electrons. The Hall–Kier alpha value is -3.33. The van der Waals surface area contributed by atoms with Gasteiger partial charge in [0.1, 0.15) is 47.8 Å². The molecule has 0 spiro atoms. The number of benzene rings is 2. The molecule has 8 atom stereocenters. The van der Waals surface area contributed by atoms with E-state index in [0.717, 1.165) is 6.07 Å². The van der Waals surface area contributed by atoms with Crippen molar-refractivity contribution in [2.24, 2.45) is 0 Å². The second kappa shape index (κ2) is 10.1. The third-order valence-corrected chi connectivity index (χ3v) is 7.19. The number of rotatable bonds is 5.